The summed E-state index contributed by atoms with van der Waals surface area (Å²) in [6.07, 6.45) is 2.22. The third-order valence-electron chi connectivity index (χ3n) is 1.53. The van der Waals surface area contributed by atoms with Crippen LogP contribution >= 0.6 is 0 Å². The van der Waals surface area contributed by atoms with Gasteiger partial charge in [0.2, 0.25) is 0 Å². The molecular formula is C9H17O2Si. The molecule has 12 heavy (non-hydrogen) atoms. The second-order valence-electron chi connectivity index (χ2n) is 3.20. The number of carbonyl (C=O) groups excluding carboxylic acids is 1. The maximum Gasteiger partial charge on any atom is 0.330 e. The van der Waals surface area contributed by atoms with Gasteiger partial charge in [-0.05, 0) is 13.3 Å². The lowest BCUT2D eigenvalue weighted by Gasteiger charge is -2.12. The van der Waals surface area contributed by atoms with Gasteiger partial charge in [0.05, 0.1) is 6.10 Å². The zero-order chi connectivity index (χ0) is 9.56. The van der Waals surface area contributed by atoms with Crippen LogP contribution in [0.1, 0.15) is 13.3 Å². The van der Waals surface area contributed by atoms with Gasteiger partial charge < -0.3 is 4.74 Å². The Kier molecular flexibility index (Phi) is 5.71. The molecule has 0 spiro atoms. The first-order valence-corrected chi connectivity index (χ1v) is 6.89. The van der Waals surface area contributed by atoms with Crippen molar-refractivity contribution in [2.75, 3.05) is 0 Å². The van der Waals surface area contributed by atoms with Crippen LogP contribution in [0.2, 0.25) is 19.1 Å². The summed E-state index contributed by atoms with van der Waals surface area (Å²) in [7, 11) is -0.189. The summed E-state index contributed by atoms with van der Waals surface area (Å²) in [6, 6.07) is 1.19. The minimum absolute atomic E-state index is 0.0374. The zero-order valence-electron chi connectivity index (χ0n) is 8.09. The van der Waals surface area contributed by atoms with Gasteiger partial charge in [-0.2, -0.15) is 0 Å². The van der Waals surface area contributed by atoms with Gasteiger partial charge >= 0.3 is 5.97 Å². The molecule has 69 valence electrons. The normalized spacial score (nSPS) is 12.7. The molecule has 1 radical (unpaired) electrons. The third kappa shape index (κ3) is 6.16. The van der Waals surface area contributed by atoms with E-state index in [0.717, 1.165) is 6.42 Å². The topological polar surface area (TPSA) is 26.3 Å². The SMILES string of the molecule is C=CC(=O)OC(C)CC[Si](C)C. The van der Waals surface area contributed by atoms with Gasteiger partial charge in [-0.1, -0.05) is 25.7 Å². The van der Waals surface area contributed by atoms with Gasteiger partial charge in [-0.15, -0.1) is 0 Å². The quantitative estimate of drug-likeness (QED) is 0.373. The highest BCUT2D eigenvalue weighted by molar-refractivity contribution is 6.55. The lowest BCUT2D eigenvalue weighted by Crippen LogP contribution is -2.14. The van der Waals surface area contributed by atoms with Crippen LogP contribution in [0.25, 0.3) is 0 Å². The van der Waals surface area contributed by atoms with Crippen molar-refractivity contribution >= 4 is 14.8 Å². The summed E-state index contributed by atoms with van der Waals surface area (Å²) in [6.45, 7) is 9.78. The molecule has 0 aliphatic rings. The van der Waals surface area contributed by atoms with Gasteiger partial charge in [0, 0.05) is 14.9 Å². The van der Waals surface area contributed by atoms with Crippen molar-refractivity contribution in [3.05, 3.63) is 12.7 Å². The molecule has 0 fully saturated rings. The molecule has 0 N–H and O–H groups in total. The minimum atomic E-state index is -0.316. The van der Waals surface area contributed by atoms with Crippen LogP contribution in [0.3, 0.4) is 0 Å². The lowest BCUT2D eigenvalue weighted by molar-refractivity contribution is -0.142. The van der Waals surface area contributed by atoms with Crippen molar-refractivity contribution in [2.24, 2.45) is 0 Å². The minimum Gasteiger partial charge on any atom is -0.460 e. The Bertz CT molecular complexity index is 155. The summed E-state index contributed by atoms with van der Waals surface area (Å²) >= 11 is 0. The second-order valence-corrected chi connectivity index (χ2v) is 6.11. The van der Waals surface area contributed by atoms with Crippen LogP contribution < -0.4 is 0 Å². The maximum absolute atomic E-state index is 10.7. The molecule has 0 aromatic rings. The van der Waals surface area contributed by atoms with Crippen molar-refractivity contribution < 1.29 is 9.53 Å². The van der Waals surface area contributed by atoms with Gasteiger partial charge in [0.25, 0.3) is 0 Å². The van der Waals surface area contributed by atoms with Crippen LogP contribution in [0.15, 0.2) is 12.7 Å². The fourth-order valence-corrected chi connectivity index (χ4v) is 1.78. The Hall–Kier alpha value is -0.573. The molecule has 0 amide bonds. The molecule has 1 unspecified atom stereocenters. The molecule has 1 atom stereocenters. The molecule has 0 saturated carbocycles. The van der Waals surface area contributed by atoms with Crippen LogP contribution in [-0.2, 0) is 9.53 Å². The summed E-state index contributed by atoms with van der Waals surface area (Å²) in [4.78, 5) is 10.7. The molecule has 0 aromatic heterocycles. The highest BCUT2D eigenvalue weighted by Gasteiger charge is 2.07. The predicted molar refractivity (Wildman–Crippen MR) is 52.7 cm³/mol. The Morgan fingerprint density at radius 3 is 2.67 bits per heavy atom. The van der Waals surface area contributed by atoms with E-state index in [1.54, 1.807) is 0 Å². The van der Waals surface area contributed by atoms with Crippen molar-refractivity contribution in [1.82, 2.24) is 0 Å². The highest BCUT2D eigenvalue weighted by atomic mass is 28.3. The van der Waals surface area contributed by atoms with Gasteiger partial charge in [-0.25, -0.2) is 4.79 Å². The number of rotatable bonds is 5. The second kappa shape index (κ2) is 6.00. The van der Waals surface area contributed by atoms with E-state index in [2.05, 4.69) is 19.7 Å². The predicted octanol–water partition coefficient (Wildman–Crippen LogP) is 2.25. The molecule has 0 aliphatic carbocycles. The summed E-state index contributed by atoms with van der Waals surface area (Å²) in [5.41, 5.74) is 0. The van der Waals surface area contributed by atoms with E-state index in [9.17, 15) is 4.79 Å². The van der Waals surface area contributed by atoms with Crippen molar-refractivity contribution in [3.63, 3.8) is 0 Å². The molecule has 3 heteroatoms. The van der Waals surface area contributed by atoms with Crippen molar-refractivity contribution in [1.29, 1.82) is 0 Å². The smallest absolute Gasteiger partial charge is 0.330 e. The average Bonchev–Trinajstić information content (AvgIpc) is 2.00. The van der Waals surface area contributed by atoms with Gasteiger partial charge in [0.15, 0.2) is 0 Å². The van der Waals surface area contributed by atoms with Crippen LogP contribution in [0.5, 0.6) is 0 Å². The molecular weight excluding hydrogens is 168 g/mol. The zero-order valence-corrected chi connectivity index (χ0v) is 9.09. The fourth-order valence-electron chi connectivity index (χ4n) is 0.797. The van der Waals surface area contributed by atoms with E-state index in [0.29, 0.717) is 0 Å². The Balaban J connectivity index is 3.52. The largest absolute Gasteiger partial charge is 0.460 e. The third-order valence-corrected chi connectivity index (χ3v) is 2.82. The number of ether oxygens (including phenoxy) is 1. The number of hydrogen-bond acceptors (Lipinski definition) is 2. The van der Waals surface area contributed by atoms with Crippen molar-refractivity contribution in [3.8, 4) is 0 Å². The van der Waals surface area contributed by atoms with E-state index in [-0.39, 0.29) is 20.9 Å². The van der Waals surface area contributed by atoms with Crippen LogP contribution in [-0.4, -0.2) is 20.9 Å². The van der Waals surface area contributed by atoms with E-state index in [1.807, 2.05) is 6.92 Å². The van der Waals surface area contributed by atoms with E-state index in [4.69, 9.17) is 4.74 Å². The van der Waals surface area contributed by atoms with Crippen LogP contribution in [0.4, 0.5) is 0 Å². The molecule has 0 rings (SSSR count). The number of hydrogen-bond donors (Lipinski definition) is 0. The molecule has 2 nitrogen and oxygen atoms in total. The number of carbonyl (C=O) groups is 1. The summed E-state index contributed by atoms with van der Waals surface area (Å²) < 4.78 is 5.01. The molecule has 0 aromatic carbocycles. The molecule has 0 aliphatic heterocycles. The molecule has 0 heterocycles. The van der Waals surface area contributed by atoms with E-state index < -0.39 is 0 Å². The van der Waals surface area contributed by atoms with E-state index in [1.165, 1.54) is 12.1 Å². The summed E-state index contributed by atoms with van der Waals surface area (Å²) in [5, 5.41) is 0. The maximum atomic E-state index is 10.7. The monoisotopic (exact) mass is 185 g/mol. The highest BCUT2D eigenvalue weighted by Crippen LogP contribution is 2.05. The van der Waals surface area contributed by atoms with Gasteiger partial charge in [-0.3, -0.25) is 0 Å². The molecule has 0 bridgehead atoms. The first-order valence-electron chi connectivity index (χ1n) is 4.18. The average molecular weight is 185 g/mol. The van der Waals surface area contributed by atoms with E-state index >= 15 is 0 Å². The van der Waals surface area contributed by atoms with Gasteiger partial charge in [0.1, 0.15) is 0 Å². The lowest BCUT2D eigenvalue weighted by atomic mass is 10.3. The Morgan fingerprint density at radius 1 is 1.67 bits per heavy atom. The fraction of sp³-hybridized carbons (Fsp3) is 0.667. The Morgan fingerprint density at radius 2 is 2.25 bits per heavy atom. The molecule has 0 saturated heterocycles. The first-order chi connectivity index (χ1) is 5.56. The standard InChI is InChI=1S/C9H17O2Si/c1-5-9(10)11-8(2)6-7-12(3)4/h5,8H,1,6-7H2,2-4H3. The van der Waals surface area contributed by atoms with Crippen LogP contribution in [0, 0.1) is 0 Å². The first kappa shape index (κ1) is 11.4. The number of esters is 1. The Labute approximate surface area is 76.2 Å². The van der Waals surface area contributed by atoms with Crippen molar-refractivity contribution in [2.45, 2.75) is 38.6 Å². The summed E-state index contributed by atoms with van der Waals surface area (Å²) in [5.74, 6) is -0.316.